The van der Waals surface area contributed by atoms with Gasteiger partial charge in [-0.3, -0.25) is 4.90 Å². The minimum Gasteiger partial charge on any atom is -0.464 e. The number of rotatable bonds is 5. The maximum absolute atomic E-state index is 5.99. The van der Waals surface area contributed by atoms with Crippen molar-refractivity contribution in [3.8, 4) is 10.9 Å². The molecule has 1 aliphatic rings. The predicted molar refractivity (Wildman–Crippen MR) is 114 cm³/mol. The van der Waals surface area contributed by atoms with Crippen molar-refractivity contribution in [2.75, 3.05) is 13.1 Å². The zero-order valence-corrected chi connectivity index (χ0v) is 16.9. The smallest absolute Gasteiger partial charge is 0.279 e. The van der Waals surface area contributed by atoms with Gasteiger partial charge in [-0.15, -0.1) is 0 Å². The molecule has 3 heterocycles. The van der Waals surface area contributed by atoms with E-state index in [0.717, 1.165) is 34.0 Å². The number of furan rings is 1. The van der Waals surface area contributed by atoms with Crippen LogP contribution in [-0.2, 0) is 6.54 Å². The van der Waals surface area contributed by atoms with Crippen molar-refractivity contribution in [3.05, 3.63) is 54.3 Å². The molecule has 144 valence electrons. The van der Waals surface area contributed by atoms with Gasteiger partial charge in [-0.2, -0.15) is 0 Å². The molecular formula is C23H24N2O2S. The summed E-state index contributed by atoms with van der Waals surface area (Å²) in [6, 6.07) is 14.2. The number of hydrogen-bond donors (Lipinski definition) is 0. The van der Waals surface area contributed by atoms with E-state index in [9.17, 15) is 0 Å². The molecule has 1 saturated heterocycles. The lowest BCUT2D eigenvalue weighted by Gasteiger charge is -2.31. The van der Waals surface area contributed by atoms with Crippen molar-refractivity contribution in [3.63, 3.8) is 0 Å². The maximum atomic E-state index is 5.99. The Morgan fingerprint density at radius 1 is 1.18 bits per heavy atom. The van der Waals surface area contributed by atoms with Crippen LogP contribution in [0.25, 0.3) is 21.2 Å². The third kappa shape index (κ3) is 3.52. The van der Waals surface area contributed by atoms with Gasteiger partial charge in [-0.25, -0.2) is 4.98 Å². The second kappa shape index (κ2) is 7.57. The van der Waals surface area contributed by atoms with E-state index < -0.39 is 0 Å². The molecule has 4 aromatic rings. The average Bonchev–Trinajstić information content (AvgIpc) is 3.32. The summed E-state index contributed by atoms with van der Waals surface area (Å²) in [6.45, 7) is 5.63. The molecule has 4 nitrogen and oxygen atoms in total. The van der Waals surface area contributed by atoms with Crippen molar-refractivity contribution >= 4 is 32.5 Å². The van der Waals surface area contributed by atoms with Crippen LogP contribution in [0.5, 0.6) is 10.9 Å². The lowest BCUT2D eigenvalue weighted by molar-refractivity contribution is 0.175. The van der Waals surface area contributed by atoms with Gasteiger partial charge in [-0.05, 0) is 56.1 Å². The van der Waals surface area contributed by atoms with Gasteiger partial charge in [0.25, 0.3) is 5.19 Å². The fourth-order valence-corrected chi connectivity index (χ4v) is 4.87. The number of fused-ring (bicyclic) bond motifs is 2. The fourth-order valence-electron chi connectivity index (χ4n) is 4.04. The summed E-state index contributed by atoms with van der Waals surface area (Å²) >= 11 is 1.56. The number of piperidine rings is 1. The van der Waals surface area contributed by atoms with E-state index in [2.05, 4.69) is 28.9 Å². The van der Waals surface area contributed by atoms with E-state index in [-0.39, 0.29) is 0 Å². The maximum Gasteiger partial charge on any atom is 0.279 e. The lowest BCUT2D eigenvalue weighted by Crippen LogP contribution is -2.32. The highest BCUT2D eigenvalue weighted by molar-refractivity contribution is 7.20. The van der Waals surface area contributed by atoms with Crippen LogP contribution < -0.4 is 4.74 Å². The summed E-state index contributed by atoms with van der Waals surface area (Å²) in [5.74, 6) is 1.66. The Labute approximate surface area is 168 Å². The second-order valence-electron chi connectivity index (χ2n) is 7.60. The Kier molecular flexibility index (Phi) is 4.79. The minimum absolute atomic E-state index is 0.658. The molecule has 0 N–H and O–H groups in total. The van der Waals surface area contributed by atoms with Crippen LogP contribution in [0.1, 0.15) is 31.7 Å². The zero-order chi connectivity index (χ0) is 18.9. The standard InChI is InChI=1S/C23H24N2O2S/c1-2-16-9-11-25(12-10-16)14-17-15-26-21-13-18(7-8-19(17)21)27-23-24-20-5-3-4-6-22(20)28-23/h3-8,13,15-16H,2,9-12,14H2,1H3. The highest BCUT2D eigenvalue weighted by atomic mass is 32.1. The molecule has 0 amide bonds. The normalized spacial score (nSPS) is 16.2. The number of likely N-dealkylation sites (tertiary alicyclic amines) is 1. The molecule has 28 heavy (non-hydrogen) atoms. The van der Waals surface area contributed by atoms with Gasteiger partial charge in [0, 0.05) is 23.6 Å². The highest BCUT2D eigenvalue weighted by Gasteiger charge is 2.19. The fraction of sp³-hybridized carbons (Fsp3) is 0.348. The number of para-hydroxylation sites is 1. The van der Waals surface area contributed by atoms with Crippen molar-refractivity contribution in [2.45, 2.75) is 32.7 Å². The third-order valence-electron chi connectivity index (χ3n) is 5.79. The van der Waals surface area contributed by atoms with Crippen LogP contribution in [-0.4, -0.2) is 23.0 Å². The van der Waals surface area contributed by atoms with Crippen LogP contribution in [0.2, 0.25) is 0 Å². The highest BCUT2D eigenvalue weighted by Crippen LogP contribution is 2.33. The summed E-state index contributed by atoms with van der Waals surface area (Å²) in [5.41, 5.74) is 3.10. The van der Waals surface area contributed by atoms with E-state index in [1.807, 2.05) is 36.6 Å². The van der Waals surface area contributed by atoms with Crippen LogP contribution >= 0.6 is 11.3 Å². The molecule has 0 aliphatic carbocycles. The first kappa shape index (κ1) is 17.7. The molecule has 0 unspecified atom stereocenters. The monoisotopic (exact) mass is 392 g/mol. The molecule has 0 atom stereocenters. The Balaban J connectivity index is 1.32. The minimum atomic E-state index is 0.658. The third-order valence-corrected chi connectivity index (χ3v) is 6.70. The Morgan fingerprint density at radius 2 is 2.04 bits per heavy atom. The van der Waals surface area contributed by atoms with E-state index >= 15 is 0 Å². The summed E-state index contributed by atoms with van der Waals surface area (Å²) in [4.78, 5) is 7.09. The molecule has 0 saturated carbocycles. The number of ether oxygens (including phenoxy) is 1. The van der Waals surface area contributed by atoms with Crippen LogP contribution in [0.15, 0.2) is 53.1 Å². The van der Waals surface area contributed by atoms with Crippen LogP contribution in [0, 0.1) is 5.92 Å². The summed E-state index contributed by atoms with van der Waals surface area (Å²) in [5, 5.41) is 1.83. The first-order valence-corrected chi connectivity index (χ1v) is 10.9. The van der Waals surface area contributed by atoms with E-state index in [4.69, 9.17) is 9.15 Å². The molecule has 0 radical (unpaired) electrons. The first-order chi connectivity index (χ1) is 13.8. The topological polar surface area (TPSA) is 38.5 Å². The van der Waals surface area contributed by atoms with Gasteiger partial charge in [0.2, 0.25) is 0 Å². The Bertz CT molecular complexity index is 1060. The number of benzene rings is 2. The number of nitrogens with zero attached hydrogens (tertiary/aromatic N) is 2. The van der Waals surface area contributed by atoms with Crippen molar-refractivity contribution < 1.29 is 9.15 Å². The van der Waals surface area contributed by atoms with Crippen molar-refractivity contribution in [1.29, 1.82) is 0 Å². The first-order valence-electron chi connectivity index (χ1n) is 10.0. The van der Waals surface area contributed by atoms with Gasteiger partial charge < -0.3 is 9.15 Å². The second-order valence-corrected chi connectivity index (χ2v) is 8.59. The average molecular weight is 393 g/mol. The van der Waals surface area contributed by atoms with Gasteiger partial charge in [0.05, 0.1) is 16.5 Å². The van der Waals surface area contributed by atoms with Gasteiger partial charge in [0.1, 0.15) is 11.3 Å². The molecule has 5 rings (SSSR count). The molecule has 2 aromatic carbocycles. The Morgan fingerprint density at radius 3 is 2.86 bits per heavy atom. The van der Waals surface area contributed by atoms with Crippen molar-refractivity contribution in [2.24, 2.45) is 5.92 Å². The molecule has 1 fully saturated rings. The quantitative estimate of drug-likeness (QED) is 0.391. The van der Waals surface area contributed by atoms with E-state index in [1.54, 1.807) is 11.3 Å². The van der Waals surface area contributed by atoms with Crippen molar-refractivity contribution in [1.82, 2.24) is 9.88 Å². The summed E-state index contributed by atoms with van der Waals surface area (Å²) in [7, 11) is 0. The molecule has 2 aromatic heterocycles. The molecule has 5 heteroatoms. The number of hydrogen-bond acceptors (Lipinski definition) is 5. The summed E-state index contributed by atoms with van der Waals surface area (Å²) < 4.78 is 13.0. The van der Waals surface area contributed by atoms with Crippen LogP contribution in [0.3, 0.4) is 0 Å². The zero-order valence-electron chi connectivity index (χ0n) is 16.1. The molecule has 1 aliphatic heterocycles. The summed E-state index contributed by atoms with van der Waals surface area (Å²) in [6.07, 6.45) is 5.83. The van der Waals surface area contributed by atoms with Gasteiger partial charge >= 0.3 is 0 Å². The van der Waals surface area contributed by atoms with E-state index in [1.165, 1.54) is 43.3 Å². The van der Waals surface area contributed by atoms with Gasteiger partial charge in [0.15, 0.2) is 0 Å². The number of thiazole rings is 1. The Hall–Kier alpha value is -2.37. The molecule has 0 spiro atoms. The molecular weight excluding hydrogens is 368 g/mol. The molecule has 0 bridgehead atoms. The van der Waals surface area contributed by atoms with Crippen LogP contribution in [0.4, 0.5) is 0 Å². The lowest BCUT2D eigenvalue weighted by atomic mass is 9.94. The van der Waals surface area contributed by atoms with Gasteiger partial charge in [-0.1, -0.05) is 36.8 Å². The number of aromatic nitrogens is 1. The largest absolute Gasteiger partial charge is 0.464 e. The predicted octanol–water partition coefficient (Wildman–Crippen LogP) is 6.46. The van der Waals surface area contributed by atoms with E-state index in [0.29, 0.717) is 5.19 Å². The SMILES string of the molecule is CCC1CCN(Cc2coc3cc(Oc4nc5ccccc5s4)ccc23)CC1.